The summed E-state index contributed by atoms with van der Waals surface area (Å²) < 4.78 is 10.4. The third kappa shape index (κ3) is 2.22. The minimum absolute atomic E-state index is 0.0255. The number of pyridine rings is 1. The van der Waals surface area contributed by atoms with Gasteiger partial charge in [0.15, 0.2) is 5.78 Å². The van der Waals surface area contributed by atoms with Crippen molar-refractivity contribution in [1.29, 1.82) is 0 Å². The van der Waals surface area contributed by atoms with Gasteiger partial charge in [-0.05, 0) is 25.0 Å². The minimum atomic E-state index is 0.0255. The molecule has 2 rings (SSSR count). The Balaban J connectivity index is 2.19. The molecular formula is C12H15NO3. The van der Waals surface area contributed by atoms with E-state index in [-0.39, 0.29) is 11.7 Å². The number of nitrogens with zero attached hydrogens (tertiary/aromatic N) is 1. The molecule has 0 atom stereocenters. The van der Waals surface area contributed by atoms with Gasteiger partial charge in [0, 0.05) is 25.3 Å². The van der Waals surface area contributed by atoms with E-state index in [1.54, 1.807) is 25.4 Å². The fourth-order valence-corrected chi connectivity index (χ4v) is 1.89. The molecule has 1 aliphatic rings. The van der Waals surface area contributed by atoms with Gasteiger partial charge in [0.2, 0.25) is 0 Å². The van der Waals surface area contributed by atoms with E-state index >= 15 is 0 Å². The molecule has 4 nitrogen and oxygen atoms in total. The molecule has 0 radical (unpaired) electrons. The first kappa shape index (κ1) is 11.1. The first-order valence-electron chi connectivity index (χ1n) is 5.44. The van der Waals surface area contributed by atoms with Gasteiger partial charge in [-0.3, -0.25) is 4.79 Å². The van der Waals surface area contributed by atoms with Gasteiger partial charge in [0.05, 0.1) is 7.11 Å². The number of ketones is 1. The topological polar surface area (TPSA) is 48.4 Å². The molecule has 0 bridgehead atoms. The van der Waals surface area contributed by atoms with Crippen LogP contribution in [0.15, 0.2) is 18.3 Å². The zero-order chi connectivity index (χ0) is 11.4. The van der Waals surface area contributed by atoms with E-state index in [1.807, 2.05) is 0 Å². The summed E-state index contributed by atoms with van der Waals surface area (Å²) >= 11 is 0. The van der Waals surface area contributed by atoms with Crippen molar-refractivity contribution in [2.45, 2.75) is 12.8 Å². The molecule has 16 heavy (non-hydrogen) atoms. The molecule has 1 aliphatic heterocycles. The molecule has 0 aliphatic carbocycles. The lowest BCUT2D eigenvalue weighted by Crippen LogP contribution is -2.24. The minimum Gasteiger partial charge on any atom is -0.494 e. The third-order valence-corrected chi connectivity index (χ3v) is 2.82. The highest BCUT2D eigenvalue weighted by Crippen LogP contribution is 2.24. The molecule has 0 spiro atoms. The normalized spacial score (nSPS) is 17.1. The van der Waals surface area contributed by atoms with Crippen LogP contribution in [0.1, 0.15) is 23.3 Å². The van der Waals surface area contributed by atoms with Crippen molar-refractivity contribution < 1.29 is 14.3 Å². The first-order valence-corrected chi connectivity index (χ1v) is 5.44. The van der Waals surface area contributed by atoms with Crippen molar-refractivity contribution in [1.82, 2.24) is 4.98 Å². The SMILES string of the molecule is COc1cccnc1C(=O)C1CCOCC1. The van der Waals surface area contributed by atoms with E-state index in [4.69, 9.17) is 9.47 Å². The van der Waals surface area contributed by atoms with E-state index in [2.05, 4.69) is 4.98 Å². The molecule has 0 saturated carbocycles. The van der Waals surface area contributed by atoms with Crippen LogP contribution in [0.25, 0.3) is 0 Å². The van der Waals surface area contributed by atoms with E-state index in [1.165, 1.54) is 0 Å². The number of carbonyl (C=O) groups is 1. The Kier molecular flexibility index (Phi) is 3.51. The number of carbonyl (C=O) groups excluding carboxylic acids is 1. The summed E-state index contributed by atoms with van der Waals surface area (Å²) in [4.78, 5) is 16.3. The Morgan fingerprint density at radius 3 is 2.94 bits per heavy atom. The maximum atomic E-state index is 12.2. The van der Waals surface area contributed by atoms with E-state index < -0.39 is 0 Å². The molecule has 0 amide bonds. The maximum Gasteiger partial charge on any atom is 0.188 e. The Bertz CT molecular complexity index is 372. The third-order valence-electron chi connectivity index (χ3n) is 2.82. The number of rotatable bonds is 3. The second-order valence-electron chi connectivity index (χ2n) is 3.81. The zero-order valence-electron chi connectivity index (χ0n) is 9.31. The summed E-state index contributed by atoms with van der Waals surface area (Å²) in [5.41, 5.74) is 0.442. The highest BCUT2D eigenvalue weighted by molar-refractivity contribution is 5.98. The van der Waals surface area contributed by atoms with E-state index in [9.17, 15) is 4.79 Å². The monoisotopic (exact) mass is 221 g/mol. The second kappa shape index (κ2) is 5.07. The standard InChI is InChI=1S/C12H15NO3/c1-15-10-3-2-6-13-11(10)12(14)9-4-7-16-8-5-9/h2-3,6,9H,4-5,7-8H2,1H3. The lowest BCUT2D eigenvalue weighted by Gasteiger charge is -2.20. The number of hydrogen-bond donors (Lipinski definition) is 0. The van der Waals surface area contributed by atoms with Crippen LogP contribution in [0.3, 0.4) is 0 Å². The van der Waals surface area contributed by atoms with Crippen molar-refractivity contribution in [3.8, 4) is 5.75 Å². The molecule has 0 aromatic carbocycles. The van der Waals surface area contributed by atoms with E-state index in [0.29, 0.717) is 24.7 Å². The molecule has 4 heteroatoms. The molecule has 1 aromatic rings. The largest absolute Gasteiger partial charge is 0.494 e. The van der Waals surface area contributed by atoms with Gasteiger partial charge < -0.3 is 9.47 Å². The Hall–Kier alpha value is -1.42. The number of hydrogen-bond acceptors (Lipinski definition) is 4. The van der Waals surface area contributed by atoms with Gasteiger partial charge in [0.25, 0.3) is 0 Å². The molecule has 1 aromatic heterocycles. The fraction of sp³-hybridized carbons (Fsp3) is 0.500. The molecule has 0 unspecified atom stereocenters. The lowest BCUT2D eigenvalue weighted by atomic mass is 9.93. The van der Waals surface area contributed by atoms with Crippen LogP contribution in [-0.4, -0.2) is 31.1 Å². The predicted octanol–water partition coefficient (Wildman–Crippen LogP) is 1.70. The summed E-state index contributed by atoms with van der Waals surface area (Å²) in [6.45, 7) is 1.32. The van der Waals surface area contributed by atoms with E-state index in [0.717, 1.165) is 12.8 Å². The zero-order valence-corrected chi connectivity index (χ0v) is 9.31. The Morgan fingerprint density at radius 1 is 1.50 bits per heavy atom. The maximum absolute atomic E-state index is 12.2. The smallest absolute Gasteiger partial charge is 0.188 e. The average Bonchev–Trinajstić information content (AvgIpc) is 2.39. The van der Waals surface area contributed by atoms with Crippen LogP contribution in [0.5, 0.6) is 5.75 Å². The molecule has 2 heterocycles. The first-order chi connectivity index (χ1) is 7.83. The molecule has 0 N–H and O–H groups in total. The van der Waals surface area contributed by atoms with Crippen LogP contribution in [-0.2, 0) is 4.74 Å². The summed E-state index contributed by atoms with van der Waals surface area (Å²) in [6, 6.07) is 3.53. The highest BCUT2D eigenvalue weighted by atomic mass is 16.5. The second-order valence-corrected chi connectivity index (χ2v) is 3.81. The van der Waals surface area contributed by atoms with Gasteiger partial charge >= 0.3 is 0 Å². The highest BCUT2D eigenvalue weighted by Gasteiger charge is 2.25. The van der Waals surface area contributed by atoms with Crippen molar-refractivity contribution in [2.24, 2.45) is 5.92 Å². The van der Waals surface area contributed by atoms with Crippen LogP contribution in [0.4, 0.5) is 0 Å². The lowest BCUT2D eigenvalue weighted by molar-refractivity contribution is 0.0539. The van der Waals surface area contributed by atoms with Crippen LogP contribution in [0.2, 0.25) is 0 Å². The summed E-state index contributed by atoms with van der Waals surface area (Å²) in [7, 11) is 1.55. The van der Waals surface area contributed by atoms with Gasteiger partial charge in [0.1, 0.15) is 11.4 Å². The molecule has 1 saturated heterocycles. The summed E-state index contributed by atoms with van der Waals surface area (Å²) in [6.07, 6.45) is 3.17. The Morgan fingerprint density at radius 2 is 2.25 bits per heavy atom. The van der Waals surface area contributed by atoms with Crippen molar-refractivity contribution in [3.63, 3.8) is 0 Å². The number of methoxy groups -OCH3 is 1. The van der Waals surface area contributed by atoms with Crippen LogP contribution < -0.4 is 4.74 Å². The van der Waals surface area contributed by atoms with Crippen LogP contribution >= 0.6 is 0 Å². The fourth-order valence-electron chi connectivity index (χ4n) is 1.89. The van der Waals surface area contributed by atoms with Gasteiger partial charge in [-0.25, -0.2) is 4.98 Å². The van der Waals surface area contributed by atoms with Crippen molar-refractivity contribution in [2.75, 3.05) is 20.3 Å². The van der Waals surface area contributed by atoms with Gasteiger partial charge in [-0.1, -0.05) is 0 Å². The summed E-state index contributed by atoms with van der Waals surface area (Å²) in [5.74, 6) is 0.650. The average molecular weight is 221 g/mol. The number of Topliss-reactive ketones (excluding diaryl/α,β-unsaturated/α-hetero) is 1. The number of aromatic nitrogens is 1. The molecule has 86 valence electrons. The Labute approximate surface area is 94.6 Å². The van der Waals surface area contributed by atoms with Gasteiger partial charge in [-0.2, -0.15) is 0 Å². The van der Waals surface area contributed by atoms with Crippen molar-refractivity contribution in [3.05, 3.63) is 24.0 Å². The molecule has 1 fully saturated rings. The van der Waals surface area contributed by atoms with Crippen molar-refractivity contribution >= 4 is 5.78 Å². The van der Waals surface area contributed by atoms with Gasteiger partial charge in [-0.15, -0.1) is 0 Å². The summed E-state index contributed by atoms with van der Waals surface area (Å²) in [5, 5.41) is 0. The quantitative estimate of drug-likeness (QED) is 0.729. The number of ether oxygens (including phenoxy) is 2. The molecular weight excluding hydrogens is 206 g/mol. The predicted molar refractivity (Wildman–Crippen MR) is 58.7 cm³/mol. The van der Waals surface area contributed by atoms with Crippen LogP contribution in [0, 0.1) is 5.92 Å².